The van der Waals surface area contributed by atoms with Gasteiger partial charge in [-0.3, -0.25) is 0 Å². The van der Waals surface area contributed by atoms with Gasteiger partial charge in [-0.1, -0.05) is 6.07 Å². The molecule has 3 rings (SSSR count). The molecule has 0 fully saturated rings. The van der Waals surface area contributed by atoms with Gasteiger partial charge in [0.2, 0.25) is 6.79 Å². The molecule has 2 aromatic rings. The smallest absolute Gasteiger partial charge is 0.317 e. The van der Waals surface area contributed by atoms with E-state index in [0.29, 0.717) is 13.1 Å². The molecule has 1 aromatic heterocycles. The zero-order valence-electron chi connectivity index (χ0n) is 12.6. The average Bonchev–Trinajstić information content (AvgIpc) is 3.13. The molecule has 0 saturated carbocycles. The lowest BCUT2D eigenvalue weighted by Gasteiger charge is -2.17. The molecule has 2 heterocycles. The molecule has 22 heavy (non-hydrogen) atoms. The Bertz CT molecular complexity index is 684. The van der Waals surface area contributed by atoms with Crippen LogP contribution in [0.5, 0.6) is 11.5 Å². The second-order valence-corrected chi connectivity index (χ2v) is 6.23. The molecule has 0 atom stereocenters. The number of ether oxygens (including phenoxy) is 2. The zero-order valence-corrected chi connectivity index (χ0v) is 13.4. The molecule has 0 bridgehead atoms. The Balaban J connectivity index is 1.54. The summed E-state index contributed by atoms with van der Waals surface area (Å²) in [5.41, 5.74) is 2.21. The van der Waals surface area contributed by atoms with E-state index in [9.17, 15) is 4.79 Å². The highest BCUT2D eigenvalue weighted by Crippen LogP contribution is 2.32. The first-order valence-corrected chi connectivity index (χ1v) is 7.92. The molecule has 0 unspecified atom stereocenters. The van der Waals surface area contributed by atoms with Gasteiger partial charge < -0.3 is 19.7 Å². The van der Waals surface area contributed by atoms with Crippen molar-refractivity contribution in [2.24, 2.45) is 0 Å². The second kappa shape index (κ2) is 6.27. The van der Waals surface area contributed by atoms with E-state index in [1.54, 1.807) is 23.3 Å². The van der Waals surface area contributed by atoms with Crippen LogP contribution in [0.1, 0.15) is 16.0 Å². The summed E-state index contributed by atoms with van der Waals surface area (Å²) in [6.07, 6.45) is 0. The van der Waals surface area contributed by atoms with Gasteiger partial charge in [0.15, 0.2) is 11.5 Å². The minimum Gasteiger partial charge on any atom is -0.454 e. The van der Waals surface area contributed by atoms with Crippen LogP contribution in [0.25, 0.3) is 0 Å². The van der Waals surface area contributed by atoms with Crippen LogP contribution < -0.4 is 14.8 Å². The van der Waals surface area contributed by atoms with Crippen molar-refractivity contribution in [2.75, 3.05) is 13.8 Å². The maximum atomic E-state index is 12.2. The van der Waals surface area contributed by atoms with Crippen molar-refractivity contribution >= 4 is 17.4 Å². The summed E-state index contributed by atoms with van der Waals surface area (Å²) in [6.45, 7) is 3.40. The van der Waals surface area contributed by atoms with Crippen molar-refractivity contribution in [2.45, 2.75) is 20.0 Å². The number of thiophene rings is 1. The third-order valence-corrected chi connectivity index (χ3v) is 4.58. The third-order valence-electron chi connectivity index (χ3n) is 3.58. The maximum Gasteiger partial charge on any atom is 0.317 e. The quantitative estimate of drug-likeness (QED) is 0.942. The Morgan fingerprint density at radius 1 is 1.32 bits per heavy atom. The fourth-order valence-electron chi connectivity index (χ4n) is 2.22. The summed E-state index contributed by atoms with van der Waals surface area (Å²) < 4.78 is 10.6. The molecule has 1 aliphatic rings. The molecule has 1 aromatic carbocycles. The van der Waals surface area contributed by atoms with Crippen LogP contribution in [0, 0.1) is 6.92 Å². The number of benzene rings is 1. The maximum absolute atomic E-state index is 12.2. The number of hydrogen-bond donors (Lipinski definition) is 1. The van der Waals surface area contributed by atoms with Crippen molar-refractivity contribution in [3.8, 4) is 11.5 Å². The first-order valence-electron chi connectivity index (χ1n) is 7.04. The summed E-state index contributed by atoms with van der Waals surface area (Å²) >= 11 is 1.67. The van der Waals surface area contributed by atoms with Crippen molar-refractivity contribution in [1.82, 2.24) is 10.2 Å². The van der Waals surface area contributed by atoms with E-state index < -0.39 is 0 Å². The van der Waals surface area contributed by atoms with Gasteiger partial charge in [0.25, 0.3) is 0 Å². The van der Waals surface area contributed by atoms with Gasteiger partial charge in [-0.2, -0.15) is 0 Å². The van der Waals surface area contributed by atoms with Crippen molar-refractivity contribution in [3.05, 3.63) is 45.6 Å². The Labute approximate surface area is 133 Å². The summed E-state index contributed by atoms with van der Waals surface area (Å²) in [6, 6.07) is 7.66. The number of urea groups is 1. The highest BCUT2D eigenvalue weighted by Gasteiger charge is 2.14. The second-order valence-electron chi connectivity index (χ2n) is 5.23. The SMILES string of the molecule is Cc1ccsc1CN(C)C(=O)NCc1ccc2c(c1)OCO2. The molecule has 116 valence electrons. The van der Waals surface area contributed by atoms with E-state index in [2.05, 4.69) is 18.3 Å². The van der Waals surface area contributed by atoms with Gasteiger partial charge in [-0.25, -0.2) is 4.79 Å². The fraction of sp³-hybridized carbons (Fsp3) is 0.312. The van der Waals surface area contributed by atoms with Crippen LogP contribution >= 0.6 is 11.3 Å². The van der Waals surface area contributed by atoms with E-state index in [-0.39, 0.29) is 12.8 Å². The first-order chi connectivity index (χ1) is 10.6. The van der Waals surface area contributed by atoms with E-state index >= 15 is 0 Å². The van der Waals surface area contributed by atoms with E-state index in [4.69, 9.17) is 9.47 Å². The molecule has 1 aliphatic heterocycles. The number of aryl methyl sites for hydroxylation is 1. The highest BCUT2D eigenvalue weighted by atomic mass is 32.1. The largest absolute Gasteiger partial charge is 0.454 e. The van der Waals surface area contributed by atoms with Crippen LogP contribution in [-0.4, -0.2) is 24.8 Å². The van der Waals surface area contributed by atoms with Crippen molar-refractivity contribution in [1.29, 1.82) is 0 Å². The lowest BCUT2D eigenvalue weighted by Crippen LogP contribution is -2.36. The molecule has 2 amide bonds. The standard InChI is InChI=1S/C16H18N2O3S/c1-11-5-6-22-15(11)9-18(2)16(19)17-8-12-3-4-13-14(7-12)21-10-20-13/h3-7H,8-10H2,1-2H3,(H,17,19). The first kappa shape index (κ1) is 14.7. The number of carbonyl (C=O) groups is 1. The Kier molecular flexibility index (Phi) is 4.20. The fourth-order valence-corrected chi connectivity index (χ4v) is 3.18. The molecule has 0 spiro atoms. The average molecular weight is 318 g/mol. The highest BCUT2D eigenvalue weighted by molar-refractivity contribution is 7.10. The number of rotatable bonds is 4. The lowest BCUT2D eigenvalue weighted by atomic mass is 10.2. The predicted molar refractivity (Wildman–Crippen MR) is 85.3 cm³/mol. The van der Waals surface area contributed by atoms with E-state index in [1.165, 1.54) is 10.4 Å². The van der Waals surface area contributed by atoms with Gasteiger partial charge in [0, 0.05) is 18.5 Å². The van der Waals surface area contributed by atoms with Gasteiger partial charge in [0.1, 0.15) is 0 Å². The summed E-state index contributed by atoms with van der Waals surface area (Å²) in [5, 5.41) is 4.96. The Morgan fingerprint density at radius 2 is 2.14 bits per heavy atom. The predicted octanol–water partition coefficient (Wildman–Crippen LogP) is 3.13. The molecule has 6 heteroatoms. The van der Waals surface area contributed by atoms with Crippen molar-refractivity contribution < 1.29 is 14.3 Å². The minimum absolute atomic E-state index is 0.0922. The van der Waals surface area contributed by atoms with Crippen LogP contribution in [0.4, 0.5) is 4.79 Å². The monoisotopic (exact) mass is 318 g/mol. The molecular weight excluding hydrogens is 300 g/mol. The summed E-state index contributed by atoms with van der Waals surface area (Å²) in [5.74, 6) is 1.48. The van der Waals surface area contributed by atoms with E-state index in [1.807, 2.05) is 23.6 Å². The molecule has 0 aliphatic carbocycles. The van der Waals surface area contributed by atoms with Crippen LogP contribution in [0.3, 0.4) is 0 Å². The normalized spacial score (nSPS) is 12.3. The topological polar surface area (TPSA) is 50.8 Å². The number of fused-ring (bicyclic) bond motifs is 1. The summed E-state index contributed by atoms with van der Waals surface area (Å²) in [7, 11) is 1.80. The number of amides is 2. The summed E-state index contributed by atoms with van der Waals surface area (Å²) in [4.78, 5) is 15.0. The molecule has 1 N–H and O–H groups in total. The zero-order chi connectivity index (χ0) is 15.5. The number of hydrogen-bond acceptors (Lipinski definition) is 4. The van der Waals surface area contributed by atoms with Gasteiger partial charge in [0.05, 0.1) is 6.54 Å². The molecule has 0 saturated heterocycles. The van der Waals surface area contributed by atoms with Gasteiger partial charge in [-0.15, -0.1) is 11.3 Å². The Hall–Kier alpha value is -2.21. The molecule has 0 radical (unpaired) electrons. The number of nitrogens with one attached hydrogen (secondary N) is 1. The van der Waals surface area contributed by atoms with Crippen LogP contribution in [0.15, 0.2) is 29.6 Å². The van der Waals surface area contributed by atoms with Crippen LogP contribution in [0.2, 0.25) is 0 Å². The molecular formula is C16H18N2O3S. The minimum atomic E-state index is -0.0922. The molecule has 5 nitrogen and oxygen atoms in total. The van der Waals surface area contributed by atoms with Crippen LogP contribution in [-0.2, 0) is 13.1 Å². The van der Waals surface area contributed by atoms with Gasteiger partial charge >= 0.3 is 6.03 Å². The Morgan fingerprint density at radius 3 is 2.91 bits per heavy atom. The number of nitrogens with zero attached hydrogens (tertiary/aromatic N) is 1. The van der Waals surface area contributed by atoms with E-state index in [0.717, 1.165) is 17.1 Å². The lowest BCUT2D eigenvalue weighted by molar-refractivity contribution is 0.174. The number of carbonyl (C=O) groups excluding carboxylic acids is 1. The van der Waals surface area contributed by atoms with Gasteiger partial charge in [-0.05, 0) is 41.6 Å². The third kappa shape index (κ3) is 3.17. The van der Waals surface area contributed by atoms with Crippen molar-refractivity contribution in [3.63, 3.8) is 0 Å².